The first-order valence-corrected chi connectivity index (χ1v) is 13.7. The van der Waals surface area contributed by atoms with Crippen molar-refractivity contribution < 1.29 is 23.0 Å². The molecule has 1 aromatic rings. The number of halogens is 2. The molecular formula is C29H42F2O3. The van der Waals surface area contributed by atoms with Gasteiger partial charge in [0.25, 0.3) is 0 Å². The van der Waals surface area contributed by atoms with Crippen LogP contribution in [0.5, 0.6) is 11.5 Å². The van der Waals surface area contributed by atoms with Gasteiger partial charge in [-0.15, -0.1) is 0 Å². The van der Waals surface area contributed by atoms with Gasteiger partial charge in [0, 0.05) is 0 Å². The Morgan fingerprint density at radius 1 is 0.882 bits per heavy atom. The number of esters is 1. The Morgan fingerprint density at radius 3 is 2.32 bits per heavy atom. The molecule has 3 aliphatic rings. The molecule has 0 amide bonds. The summed E-state index contributed by atoms with van der Waals surface area (Å²) >= 11 is 0. The summed E-state index contributed by atoms with van der Waals surface area (Å²) in [7, 11) is 1.28. The van der Waals surface area contributed by atoms with Crippen LogP contribution >= 0.6 is 0 Å². The van der Waals surface area contributed by atoms with Gasteiger partial charge in [0.2, 0.25) is 11.6 Å². The van der Waals surface area contributed by atoms with Gasteiger partial charge in [-0.25, -0.2) is 0 Å². The van der Waals surface area contributed by atoms with Gasteiger partial charge in [-0.1, -0.05) is 58.3 Å². The first-order chi connectivity index (χ1) is 16.5. The highest BCUT2D eigenvalue weighted by atomic mass is 19.2. The maximum atomic E-state index is 14.3. The molecule has 3 aliphatic carbocycles. The van der Waals surface area contributed by atoms with E-state index in [1.54, 1.807) is 0 Å². The Kier molecular flexibility index (Phi) is 8.87. The fraction of sp³-hybridized carbons (Fsp3) is 0.759. The van der Waals surface area contributed by atoms with Gasteiger partial charge in [-0.3, -0.25) is 4.79 Å². The molecule has 0 saturated heterocycles. The number of benzene rings is 1. The summed E-state index contributed by atoms with van der Waals surface area (Å²) in [6, 6.07) is 2.58. The molecule has 190 valence electrons. The molecule has 0 bridgehead atoms. The van der Waals surface area contributed by atoms with Crippen molar-refractivity contribution >= 4 is 5.97 Å². The van der Waals surface area contributed by atoms with Gasteiger partial charge in [-0.05, 0) is 80.2 Å². The largest absolute Gasteiger partial charge is 0.494 e. The second-order valence-electron chi connectivity index (χ2n) is 11.1. The number of fused-ring (bicyclic) bond motifs is 1. The molecule has 3 nitrogen and oxygen atoms in total. The average molecular weight is 477 g/mol. The van der Waals surface area contributed by atoms with Crippen molar-refractivity contribution in [2.75, 3.05) is 7.11 Å². The third-order valence-electron chi connectivity index (χ3n) is 9.21. The van der Waals surface area contributed by atoms with E-state index in [0.717, 1.165) is 37.0 Å². The maximum Gasteiger partial charge on any atom is 0.314 e. The molecule has 4 rings (SSSR count). The number of carbonyl (C=O) groups excluding carboxylic acids is 1. The van der Waals surface area contributed by atoms with Gasteiger partial charge in [0.1, 0.15) is 0 Å². The topological polar surface area (TPSA) is 35.5 Å². The van der Waals surface area contributed by atoms with Crippen LogP contribution in [0.4, 0.5) is 8.78 Å². The SMILES string of the molecule is CCCCCC1CCC(C2CCC3C(CCCC3C(=O)Oc3ccc(OC)c(F)c3F)C2)CC1. The van der Waals surface area contributed by atoms with Crippen LogP contribution in [0.1, 0.15) is 96.8 Å². The molecule has 0 radical (unpaired) electrons. The lowest BCUT2D eigenvalue weighted by atomic mass is 9.59. The molecule has 0 aromatic heterocycles. The van der Waals surface area contributed by atoms with Gasteiger partial charge in [-0.2, -0.15) is 8.78 Å². The minimum Gasteiger partial charge on any atom is -0.494 e. The van der Waals surface area contributed by atoms with E-state index in [-0.39, 0.29) is 17.4 Å². The fourth-order valence-electron chi connectivity index (χ4n) is 7.29. The van der Waals surface area contributed by atoms with Crippen molar-refractivity contribution in [3.8, 4) is 11.5 Å². The number of hydrogen-bond acceptors (Lipinski definition) is 3. The van der Waals surface area contributed by atoms with Crippen LogP contribution in [0.2, 0.25) is 0 Å². The molecule has 5 heteroatoms. The number of ether oxygens (including phenoxy) is 2. The van der Waals surface area contributed by atoms with E-state index < -0.39 is 17.6 Å². The van der Waals surface area contributed by atoms with Gasteiger partial charge >= 0.3 is 5.97 Å². The van der Waals surface area contributed by atoms with E-state index in [9.17, 15) is 13.6 Å². The molecule has 0 spiro atoms. The summed E-state index contributed by atoms with van der Waals surface area (Å²) < 4.78 is 38.6. The van der Waals surface area contributed by atoms with Crippen molar-refractivity contribution in [2.45, 2.75) is 96.8 Å². The summed E-state index contributed by atoms with van der Waals surface area (Å²) in [5.41, 5.74) is 0. The molecule has 4 atom stereocenters. The molecule has 4 unspecified atom stereocenters. The van der Waals surface area contributed by atoms with Crippen LogP contribution in [0.25, 0.3) is 0 Å². The van der Waals surface area contributed by atoms with E-state index in [1.165, 1.54) is 89.9 Å². The van der Waals surface area contributed by atoms with Crippen LogP contribution in [-0.4, -0.2) is 13.1 Å². The Bertz CT molecular complexity index is 818. The molecule has 0 heterocycles. The van der Waals surface area contributed by atoms with E-state index in [4.69, 9.17) is 9.47 Å². The van der Waals surface area contributed by atoms with E-state index in [0.29, 0.717) is 11.8 Å². The smallest absolute Gasteiger partial charge is 0.314 e. The first-order valence-electron chi connectivity index (χ1n) is 13.7. The minimum atomic E-state index is -1.16. The van der Waals surface area contributed by atoms with E-state index in [1.807, 2.05) is 0 Å². The van der Waals surface area contributed by atoms with Crippen LogP contribution in [0, 0.1) is 47.1 Å². The van der Waals surface area contributed by atoms with Gasteiger partial charge in [0.15, 0.2) is 11.5 Å². The third-order valence-corrected chi connectivity index (χ3v) is 9.21. The fourth-order valence-corrected chi connectivity index (χ4v) is 7.29. The Balaban J connectivity index is 1.31. The molecule has 3 fully saturated rings. The van der Waals surface area contributed by atoms with Gasteiger partial charge in [0.05, 0.1) is 13.0 Å². The molecule has 34 heavy (non-hydrogen) atoms. The molecule has 0 N–H and O–H groups in total. The van der Waals surface area contributed by atoms with Crippen molar-refractivity contribution in [3.63, 3.8) is 0 Å². The van der Waals surface area contributed by atoms with E-state index in [2.05, 4.69) is 6.92 Å². The second-order valence-corrected chi connectivity index (χ2v) is 11.1. The number of unbranched alkanes of at least 4 members (excludes halogenated alkanes) is 2. The highest BCUT2D eigenvalue weighted by molar-refractivity contribution is 5.75. The Hall–Kier alpha value is -1.65. The van der Waals surface area contributed by atoms with Gasteiger partial charge < -0.3 is 9.47 Å². The quantitative estimate of drug-likeness (QED) is 0.216. The van der Waals surface area contributed by atoms with Crippen molar-refractivity contribution in [3.05, 3.63) is 23.8 Å². The highest BCUT2D eigenvalue weighted by Crippen LogP contribution is 2.50. The van der Waals surface area contributed by atoms with Crippen molar-refractivity contribution in [2.24, 2.45) is 35.5 Å². The molecule has 1 aromatic carbocycles. The zero-order valence-electron chi connectivity index (χ0n) is 21.0. The van der Waals surface area contributed by atoms with Crippen LogP contribution in [0.15, 0.2) is 12.1 Å². The van der Waals surface area contributed by atoms with Crippen molar-refractivity contribution in [1.82, 2.24) is 0 Å². The summed E-state index contributed by atoms with van der Waals surface area (Å²) in [5.74, 6) is 0.0488. The standard InChI is InChI=1S/C29H42F2O3/c1-3-4-5-7-19-10-12-20(13-11-19)21-14-15-23-22(18-21)8-6-9-24(23)29(32)34-26-17-16-25(33-2)27(30)28(26)31/h16-17,19-24H,3-15,18H2,1-2H3. The summed E-state index contributed by atoms with van der Waals surface area (Å²) in [4.78, 5) is 13.0. The predicted octanol–water partition coefficient (Wildman–Crippen LogP) is 8.10. The lowest BCUT2D eigenvalue weighted by molar-refractivity contribution is -0.144. The number of hydrogen-bond donors (Lipinski definition) is 0. The van der Waals surface area contributed by atoms with Crippen LogP contribution in [0.3, 0.4) is 0 Å². The molecular weight excluding hydrogens is 434 g/mol. The Labute approximate surface area is 204 Å². The third kappa shape index (κ3) is 5.76. The normalized spacial score (nSPS) is 31.5. The lowest BCUT2D eigenvalue weighted by Crippen LogP contribution is -2.40. The summed E-state index contributed by atoms with van der Waals surface area (Å²) in [6.45, 7) is 2.28. The predicted molar refractivity (Wildman–Crippen MR) is 130 cm³/mol. The van der Waals surface area contributed by atoms with Crippen LogP contribution in [-0.2, 0) is 4.79 Å². The number of methoxy groups -OCH3 is 1. The Morgan fingerprint density at radius 2 is 1.59 bits per heavy atom. The maximum absolute atomic E-state index is 14.3. The summed E-state index contributed by atoms with van der Waals surface area (Å²) in [6.07, 6.45) is 17.5. The number of carbonyl (C=O) groups is 1. The lowest BCUT2D eigenvalue weighted by Gasteiger charge is -2.46. The average Bonchev–Trinajstić information content (AvgIpc) is 2.87. The number of rotatable bonds is 8. The van der Waals surface area contributed by atoms with Crippen LogP contribution < -0.4 is 9.47 Å². The zero-order valence-corrected chi connectivity index (χ0v) is 21.0. The monoisotopic (exact) mass is 476 g/mol. The zero-order chi connectivity index (χ0) is 24.1. The first kappa shape index (κ1) is 25.4. The second kappa shape index (κ2) is 11.9. The molecule has 3 saturated carbocycles. The minimum absolute atomic E-state index is 0.191. The summed E-state index contributed by atoms with van der Waals surface area (Å²) in [5, 5.41) is 0. The van der Waals surface area contributed by atoms with Crippen molar-refractivity contribution in [1.29, 1.82) is 0 Å². The molecule has 0 aliphatic heterocycles. The van der Waals surface area contributed by atoms with E-state index >= 15 is 0 Å². The highest BCUT2D eigenvalue weighted by Gasteiger charge is 2.43.